The molecule has 0 aliphatic carbocycles. The van der Waals surface area contributed by atoms with E-state index < -0.39 is 12.0 Å². The molecule has 0 aromatic carbocycles. The zero-order valence-corrected chi connectivity index (χ0v) is 11.7. The summed E-state index contributed by atoms with van der Waals surface area (Å²) in [6.07, 6.45) is 1.75. The maximum Gasteiger partial charge on any atom is 0.326 e. The summed E-state index contributed by atoms with van der Waals surface area (Å²) in [6, 6.07) is -0.844. The molecular formula is C13H24N2O3. The molecule has 1 aliphatic heterocycles. The third-order valence-corrected chi connectivity index (χ3v) is 3.40. The molecule has 1 N–H and O–H groups in total. The fourth-order valence-corrected chi connectivity index (χ4v) is 2.62. The van der Waals surface area contributed by atoms with E-state index in [1.807, 2.05) is 20.8 Å². The van der Waals surface area contributed by atoms with Crippen LogP contribution >= 0.6 is 0 Å². The maximum atomic E-state index is 12.3. The second-order valence-electron chi connectivity index (χ2n) is 5.65. The van der Waals surface area contributed by atoms with Crippen LogP contribution in [0.1, 0.15) is 33.6 Å². The van der Waals surface area contributed by atoms with Gasteiger partial charge in [-0.2, -0.15) is 0 Å². The topological polar surface area (TPSA) is 60.9 Å². The third-order valence-electron chi connectivity index (χ3n) is 3.40. The number of piperidine rings is 1. The van der Waals surface area contributed by atoms with Gasteiger partial charge in [-0.1, -0.05) is 20.8 Å². The van der Waals surface area contributed by atoms with Crippen LogP contribution in [0.3, 0.4) is 0 Å². The molecular weight excluding hydrogens is 232 g/mol. The van der Waals surface area contributed by atoms with Crippen molar-refractivity contribution in [2.75, 3.05) is 20.1 Å². The van der Waals surface area contributed by atoms with Gasteiger partial charge in [-0.05, 0) is 24.7 Å². The van der Waals surface area contributed by atoms with Crippen molar-refractivity contribution in [3.8, 4) is 0 Å². The van der Waals surface area contributed by atoms with E-state index in [4.69, 9.17) is 0 Å². The Labute approximate surface area is 109 Å². The van der Waals surface area contributed by atoms with Gasteiger partial charge < -0.3 is 14.9 Å². The number of likely N-dealkylation sites (tertiary alicyclic amines) is 1. The summed E-state index contributed by atoms with van der Waals surface area (Å²) < 4.78 is 0. The van der Waals surface area contributed by atoms with E-state index in [9.17, 15) is 14.7 Å². The number of carbonyl (C=O) groups excluding carboxylic acids is 1. The van der Waals surface area contributed by atoms with E-state index in [1.165, 1.54) is 4.90 Å². The Hall–Kier alpha value is -1.26. The summed E-state index contributed by atoms with van der Waals surface area (Å²) in [5, 5.41) is 9.28. The highest BCUT2D eigenvalue weighted by Gasteiger charge is 2.38. The number of carboxylic acid groups (broad SMARTS) is 1. The van der Waals surface area contributed by atoms with Crippen molar-refractivity contribution in [2.45, 2.75) is 39.7 Å². The van der Waals surface area contributed by atoms with Crippen LogP contribution in [0, 0.1) is 11.8 Å². The highest BCUT2D eigenvalue weighted by Crippen LogP contribution is 2.24. The van der Waals surface area contributed by atoms with Gasteiger partial charge in [0.1, 0.15) is 6.04 Å². The van der Waals surface area contributed by atoms with Crippen LogP contribution in [0.2, 0.25) is 0 Å². The van der Waals surface area contributed by atoms with Crippen LogP contribution in [0.15, 0.2) is 0 Å². The number of carboxylic acids is 1. The quantitative estimate of drug-likeness (QED) is 0.838. The first kappa shape index (κ1) is 14.8. The Morgan fingerprint density at radius 1 is 1.44 bits per heavy atom. The molecule has 0 saturated carbocycles. The lowest BCUT2D eigenvalue weighted by Crippen LogP contribution is -2.55. The van der Waals surface area contributed by atoms with E-state index in [2.05, 4.69) is 0 Å². The molecule has 1 aliphatic rings. The number of amides is 2. The fourth-order valence-electron chi connectivity index (χ4n) is 2.62. The highest BCUT2D eigenvalue weighted by molar-refractivity contribution is 5.83. The van der Waals surface area contributed by atoms with Crippen LogP contribution in [0.5, 0.6) is 0 Å². The van der Waals surface area contributed by atoms with Crippen molar-refractivity contribution in [2.24, 2.45) is 11.8 Å². The molecule has 2 atom stereocenters. The fraction of sp³-hybridized carbons (Fsp3) is 0.846. The van der Waals surface area contributed by atoms with Crippen LogP contribution < -0.4 is 0 Å². The number of urea groups is 1. The third kappa shape index (κ3) is 3.37. The van der Waals surface area contributed by atoms with Crippen LogP contribution in [-0.4, -0.2) is 53.1 Å². The first-order valence-corrected chi connectivity index (χ1v) is 6.59. The zero-order valence-electron chi connectivity index (χ0n) is 11.7. The Morgan fingerprint density at radius 3 is 2.56 bits per heavy atom. The summed E-state index contributed by atoms with van der Waals surface area (Å²) in [6.45, 7) is 7.17. The van der Waals surface area contributed by atoms with Crippen LogP contribution in [0.4, 0.5) is 4.79 Å². The number of nitrogens with zero attached hydrogens (tertiary/aromatic N) is 2. The summed E-state index contributed by atoms with van der Waals surface area (Å²) >= 11 is 0. The van der Waals surface area contributed by atoms with Gasteiger partial charge in [-0.25, -0.2) is 9.59 Å². The van der Waals surface area contributed by atoms with Gasteiger partial charge in [0, 0.05) is 20.1 Å². The van der Waals surface area contributed by atoms with Gasteiger partial charge in [0.25, 0.3) is 0 Å². The van der Waals surface area contributed by atoms with E-state index >= 15 is 0 Å². The first-order chi connectivity index (χ1) is 8.34. The minimum absolute atomic E-state index is 0.0210. The number of hydrogen-bond donors (Lipinski definition) is 1. The predicted octanol–water partition coefficient (Wildman–Crippen LogP) is 1.88. The Balaban J connectivity index is 2.78. The molecule has 18 heavy (non-hydrogen) atoms. The Morgan fingerprint density at radius 2 is 2.06 bits per heavy atom. The predicted molar refractivity (Wildman–Crippen MR) is 69.4 cm³/mol. The van der Waals surface area contributed by atoms with Crippen molar-refractivity contribution in [3.05, 3.63) is 0 Å². The molecule has 1 saturated heterocycles. The summed E-state index contributed by atoms with van der Waals surface area (Å²) in [4.78, 5) is 26.7. The van der Waals surface area contributed by atoms with Crippen LogP contribution in [-0.2, 0) is 4.79 Å². The minimum Gasteiger partial charge on any atom is -0.480 e. The monoisotopic (exact) mass is 256 g/mol. The van der Waals surface area contributed by atoms with E-state index in [0.29, 0.717) is 19.0 Å². The van der Waals surface area contributed by atoms with E-state index in [1.54, 1.807) is 11.9 Å². The van der Waals surface area contributed by atoms with Gasteiger partial charge >= 0.3 is 12.0 Å². The molecule has 1 rings (SSSR count). The Kier molecular flexibility index (Phi) is 4.99. The molecule has 0 spiro atoms. The second kappa shape index (κ2) is 6.07. The second-order valence-corrected chi connectivity index (χ2v) is 5.65. The molecule has 1 heterocycles. The van der Waals surface area contributed by atoms with Crippen LogP contribution in [0.25, 0.3) is 0 Å². The normalized spacial score (nSPS) is 24.2. The van der Waals surface area contributed by atoms with Gasteiger partial charge in [-0.15, -0.1) is 0 Å². The number of carbonyl (C=O) groups is 2. The summed E-state index contributed by atoms with van der Waals surface area (Å²) in [7, 11) is 1.74. The van der Waals surface area contributed by atoms with Gasteiger partial charge in [0.15, 0.2) is 0 Å². The maximum absolute atomic E-state index is 12.3. The molecule has 2 unspecified atom stereocenters. The average Bonchev–Trinajstić information content (AvgIpc) is 2.26. The molecule has 0 aromatic heterocycles. The number of rotatable bonds is 3. The molecule has 104 valence electrons. The molecule has 0 aromatic rings. The van der Waals surface area contributed by atoms with Gasteiger partial charge in [-0.3, -0.25) is 0 Å². The standard InChI is InChI=1S/C13H24N2O3/c1-9(2)8-14(4)13(18)15-7-5-6-10(3)11(15)12(16)17/h9-11H,5-8H2,1-4H3,(H,16,17). The molecule has 2 amide bonds. The van der Waals surface area contributed by atoms with Crippen molar-refractivity contribution >= 4 is 12.0 Å². The van der Waals surface area contributed by atoms with Crippen molar-refractivity contribution < 1.29 is 14.7 Å². The molecule has 0 bridgehead atoms. The lowest BCUT2D eigenvalue weighted by Gasteiger charge is -2.39. The number of aliphatic carboxylic acids is 1. The van der Waals surface area contributed by atoms with Crippen molar-refractivity contribution in [3.63, 3.8) is 0 Å². The smallest absolute Gasteiger partial charge is 0.326 e. The first-order valence-electron chi connectivity index (χ1n) is 6.59. The highest BCUT2D eigenvalue weighted by atomic mass is 16.4. The zero-order chi connectivity index (χ0) is 13.9. The van der Waals surface area contributed by atoms with Crippen molar-refractivity contribution in [1.82, 2.24) is 9.80 Å². The largest absolute Gasteiger partial charge is 0.480 e. The van der Waals surface area contributed by atoms with E-state index in [0.717, 1.165) is 12.8 Å². The summed E-state index contributed by atoms with van der Waals surface area (Å²) in [5.74, 6) is -0.495. The molecule has 1 fully saturated rings. The lowest BCUT2D eigenvalue weighted by atomic mass is 9.91. The Bertz CT molecular complexity index is 317. The number of hydrogen-bond acceptors (Lipinski definition) is 2. The lowest BCUT2D eigenvalue weighted by molar-refractivity contribution is -0.145. The van der Waals surface area contributed by atoms with Gasteiger partial charge in [0.05, 0.1) is 0 Å². The van der Waals surface area contributed by atoms with E-state index in [-0.39, 0.29) is 11.9 Å². The molecule has 0 radical (unpaired) electrons. The van der Waals surface area contributed by atoms with Gasteiger partial charge in [0.2, 0.25) is 0 Å². The summed E-state index contributed by atoms with van der Waals surface area (Å²) in [5.41, 5.74) is 0. The molecule has 5 nitrogen and oxygen atoms in total. The molecule has 5 heteroatoms. The van der Waals surface area contributed by atoms with Crippen molar-refractivity contribution in [1.29, 1.82) is 0 Å². The SMILES string of the molecule is CC(C)CN(C)C(=O)N1CCCC(C)C1C(=O)O. The minimum atomic E-state index is -0.895. The average molecular weight is 256 g/mol.